The first-order valence-electron chi connectivity index (χ1n) is 5.84. The minimum atomic E-state index is 0.574. The van der Waals surface area contributed by atoms with Crippen molar-refractivity contribution in [3.05, 3.63) is 49.7 Å². The van der Waals surface area contributed by atoms with Gasteiger partial charge < -0.3 is 0 Å². The van der Waals surface area contributed by atoms with Crippen LogP contribution in [0, 0.1) is 26.7 Å². The summed E-state index contributed by atoms with van der Waals surface area (Å²) in [7, 11) is 0. The van der Waals surface area contributed by atoms with E-state index in [0.29, 0.717) is 5.92 Å². The maximum atomic E-state index is 3.81. The summed E-state index contributed by atoms with van der Waals surface area (Å²) in [4.78, 5) is 0. The van der Waals surface area contributed by atoms with E-state index in [1.807, 2.05) is 32.0 Å². The molecular weight excluding hydrogens is 180 g/mol. The largest absolute Gasteiger partial charge is 0.0683 e. The summed E-state index contributed by atoms with van der Waals surface area (Å²) in [5, 5.41) is 0. The fourth-order valence-corrected chi connectivity index (χ4v) is 0.739. The quantitative estimate of drug-likeness (QED) is 0.632. The topological polar surface area (TPSA) is 0 Å². The van der Waals surface area contributed by atoms with E-state index in [1.54, 1.807) is 0 Å². The zero-order valence-electron chi connectivity index (χ0n) is 10.8. The molecule has 0 saturated heterocycles. The monoisotopic (exact) mass is 206 g/mol. The van der Waals surface area contributed by atoms with Crippen molar-refractivity contribution in [3.8, 4) is 0 Å². The maximum Gasteiger partial charge on any atom is -0.0398 e. The van der Waals surface area contributed by atoms with Crippen molar-refractivity contribution in [1.29, 1.82) is 0 Å². The highest BCUT2D eigenvalue weighted by Crippen LogP contribution is 2.01. The molecule has 0 saturated carbocycles. The van der Waals surface area contributed by atoms with Crippen molar-refractivity contribution in [2.45, 2.75) is 40.5 Å². The lowest BCUT2D eigenvalue weighted by molar-refractivity contribution is 0.632. The second-order valence-electron chi connectivity index (χ2n) is 3.22. The Balaban J connectivity index is 0. The van der Waals surface area contributed by atoms with Crippen molar-refractivity contribution in [1.82, 2.24) is 0 Å². The lowest BCUT2D eigenvalue weighted by Gasteiger charge is -1.98. The summed E-state index contributed by atoms with van der Waals surface area (Å²) >= 11 is 0. The van der Waals surface area contributed by atoms with E-state index in [4.69, 9.17) is 0 Å². The van der Waals surface area contributed by atoms with Gasteiger partial charge in [0, 0.05) is 0 Å². The highest BCUT2D eigenvalue weighted by molar-refractivity contribution is 5.11. The molecule has 86 valence electrons. The van der Waals surface area contributed by atoms with Gasteiger partial charge in [0.05, 0.1) is 0 Å². The van der Waals surface area contributed by atoms with Gasteiger partial charge in [-0.15, -0.1) is 0 Å². The van der Waals surface area contributed by atoms with Crippen LogP contribution in [-0.2, 0) is 0 Å². The van der Waals surface area contributed by atoms with Crippen molar-refractivity contribution >= 4 is 0 Å². The minimum Gasteiger partial charge on any atom is -0.0683 e. The summed E-state index contributed by atoms with van der Waals surface area (Å²) < 4.78 is 0. The zero-order chi connectivity index (χ0) is 12.1. The van der Waals surface area contributed by atoms with Crippen molar-refractivity contribution < 1.29 is 0 Å². The smallest absolute Gasteiger partial charge is 0.0398 e. The Morgan fingerprint density at radius 3 is 1.73 bits per heavy atom. The third-order valence-corrected chi connectivity index (χ3v) is 1.93. The molecule has 0 spiro atoms. The Labute approximate surface area is 96.7 Å². The normalized spacial score (nSPS) is 8.47. The Bertz CT molecular complexity index is 184. The van der Waals surface area contributed by atoms with Crippen molar-refractivity contribution in [2.24, 2.45) is 5.92 Å². The molecule has 0 bridgehead atoms. The Morgan fingerprint density at radius 1 is 1.13 bits per heavy atom. The van der Waals surface area contributed by atoms with Gasteiger partial charge in [-0.1, -0.05) is 83.4 Å². The van der Waals surface area contributed by atoms with Crippen LogP contribution in [0.5, 0.6) is 0 Å². The molecule has 0 aromatic heterocycles. The fourth-order valence-electron chi connectivity index (χ4n) is 0.739. The van der Waals surface area contributed by atoms with E-state index in [9.17, 15) is 0 Å². The van der Waals surface area contributed by atoms with Gasteiger partial charge in [0.1, 0.15) is 0 Å². The van der Waals surface area contributed by atoms with Crippen LogP contribution < -0.4 is 0 Å². The molecule has 0 nitrogen and oxygen atoms in total. The summed E-state index contributed by atoms with van der Waals surface area (Å²) in [5.74, 6) is 0.574. The number of hydrogen-bond acceptors (Lipinski definition) is 0. The molecular formula is C15H26. The van der Waals surface area contributed by atoms with Crippen LogP contribution in [0.15, 0.2) is 30.3 Å². The number of hydrogen-bond donors (Lipinski definition) is 0. The molecule has 1 unspecified atom stereocenters. The first kappa shape index (κ1) is 16.6. The second-order valence-corrected chi connectivity index (χ2v) is 3.22. The molecule has 0 aliphatic carbocycles. The van der Waals surface area contributed by atoms with Crippen LogP contribution >= 0.6 is 0 Å². The van der Waals surface area contributed by atoms with Crippen LogP contribution in [0.4, 0.5) is 0 Å². The molecule has 0 fully saturated rings. The third kappa shape index (κ3) is 13.2. The number of benzene rings is 1. The lowest BCUT2D eigenvalue weighted by atomic mass is 10.1. The van der Waals surface area contributed by atoms with E-state index in [2.05, 4.69) is 39.8 Å². The Kier molecular flexibility index (Phi) is 14.7. The molecule has 0 heterocycles. The van der Waals surface area contributed by atoms with Crippen molar-refractivity contribution in [2.75, 3.05) is 0 Å². The molecule has 1 atom stereocenters. The number of aryl methyl sites for hydroxylation is 1. The minimum absolute atomic E-state index is 0.574. The van der Waals surface area contributed by atoms with E-state index >= 15 is 0 Å². The van der Waals surface area contributed by atoms with Gasteiger partial charge in [0.25, 0.3) is 0 Å². The second kappa shape index (κ2) is 13.2. The third-order valence-electron chi connectivity index (χ3n) is 1.93. The van der Waals surface area contributed by atoms with Gasteiger partial charge >= 0.3 is 0 Å². The van der Waals surface area contributed by atoms with Crippen LogP contribution in [-0.4, -0.2) is 0 Å². The van der Waals surface area contributed by atoms with Gasteiger partial charge in [-0.25, -0.2) is 0 Å². The Hall–Kier alpha value is -0.780. The van der Waals surface area contributed by atoms with Gasteiger partial charge in [-0.05, 0) is 12.8 Å². The first-order valence-corrected chi connectivity index (χ1v) is 5.84. The van der Waals surface area contributed by atoms with Gasteiger partial charge in [0.15, 0.2) is 0 Å². The summed E-state index contributed by atoms with van der Waals surface area (Å²) in [6.07, 6.45) is 2.12. The SMILES string of the molecule is CC.Cc1ccccc1.[CH2]CC([CH2])CC. The highest BCUT2D eigenvalue weighted by Gasteiger charge is 1.89. The summed E-state index contributed by atoms with van der Waals surface area (Å²) in [5.41, 5.74) is 1.32. The lowest BCUT2D eigenvalue weighted by Crippen LogP contribution is -1.86. The standard InChI is InChI=1S/C7H8.C6H12.C2H6/c1-7-5-3-2-4-6-7;1-4-6(3)5-2;1-2/h2-6H,1H3;6H,1,3-5H2,2H3;1-2H3. The van der Waals surface area contributed by atoms with E-state index in [0.717, 1.165) is 12.8 Å². The molecule has 1 rings (SSSR count). The molecule has 0 heteroatoms. The van der Waals surface area contributed by atoms with Gasteiger partial charge in [-0.2, -0.15) is 0 Å². The predicted molar refractivity (Wildman–Crippen MR) is 71.6 cm³/mol. The van der Waals surface area contributed by atoms with E-state index in [-0.39, 0.29) is 0 Å². The van der Waals surface area contributed by atoms with Gasteiger partial charge in [0.2, 0.25) is 0 Å². The molecule has 0 N–H and O–H groups in total. The molecule has 15 heavy (non-hydrogen) atoms. The fraction of sp³-hybridized carbons (Fsp3) is 0.467. The van der Waals surface area contributed by atoms with Crippen molar-refractivity contribution in [3.63, 3.8) is 0 Å². The van der Waals surface area contributed by atoms with E-state index in [1.165, 1.54) is 5.56 Å². The van der Waals surface area contributed by atoms with Crippen LogP contribution in [0.3, 0.4) is 0 Å². The molecule has 2 radical (unpaired) electrons. The molecule has 1 aromatic rings. The Morgan fingerprint density at radius 2 is 1.60 bits per heavy atom. The van der Waals surface area contributed by atoms with Crippen LogP contribution in [0.2, 0.25) is 0 Å². The van der Waals surface area contributed by atoms with Gasteiger partial charge in [-0.3, -0.25) is 0 Å². The number of rotatable bonds is 2. The first-order chi connectivity index (χ1) is 7.20. The van der Waals surface area contributed by atoms with Crippen LogP contribution in [0.25, 0.3) is 0 Å². The average molecular weight is 206 g/mol. The zero-order valence-corrected chi connectivity index (χ0v) is 10.8. The average Bonchev–Trinajstić information content (AvgIpc) is 2.32. The van der Waals surface area contributed by atoms with E-state index < -0.39 is 0 Å². The molecule has 0 aliphatic heterocycles. The molecule has 1 aromatic carbocycles. The predicted octanol–water partition coefficient (Wildman–Crippen LogP) is 5.09. The molecule has 0 aliphatic rings. The summed E-state index contributed by atoms with van der Waals surface area (Å²) in [6, 6.07) is 10.3. The maximum absolute atomic E-state index is 3.81. The highest BCUT2D eigenvalue weighted by atomic mass is 13.9. The summed E-state index contributed by atoms with van der Waals surface area (Å²) in [6.45, 7) is 15.7. The molecule has 0 amide bonds. The van der Waals surface area contributed by atoms with Crippen LogP contribution in [0.1, 0.15) is 39.2 Å².